The first-order chi connectivity index (χ1) is 12.5. The second-order valence-corrected chi connectivity index (χ2v) is 7.63. The largest absolute Gasteiger partial charge is 0.497 e. The molecule has 140 valence electrons. The van der Waals surface area contributed by atoms with Crippen LogP contribution in [0.2, 0.25) is 0 Å². The molecule has 26 heavy (non-hydrogen) atoms. The molecule has 8 heteroatoms. The number of rotatable bonds is 10. The molecule has 7 nitrogen and oxygen atoms in total. The number of carbonyl (C=O) groups is 1. The maximum atomic E-state index is 11.9. The van der Waals surface area contributed by atoms with E-state index in [0.29, 0.717) is 12.8 Å². The molecular weight excluding hydrogens is 354 g/mol. The Hall–Kier alpha value is -2.45. The third-order valence-electron chi connectivity index (χ3n) is 3.71. The van der Waals surface area contributed by atoms with Gasteiger partial charge in [0.25, 0.3) is 0 Å². The number of aromatic nitrogens is 1. The van der Waals surface area contributed by atoms with Crippen molar-refractivity contribution < 1.29 is 17.9 Å². The van der Waals surface area contributed by atoms with E-state index in [1.807, 2.05) is 24.3 Å². The molecule has 0 bridgehead atoms. The molecule has 2 rings (SSSR count). The molecule has 1 aromatic carbocycles. The smallest absolute Gasteiger partial charge is 0.220 e. The van der Waals surface area contributed by atoms with Gasteiger partial charge in [0.15, 0.2) is 0 Å². The van der Waals surface area contributed by atoms with Crippen LogP contribution in [-0.2, 0) is 27.8 Å². The van der Waals surface area contributed by atoms with E-state index in [1.165, 1.54) is 0 Å². The number of nitrogens with one attached hydrogen (secondary N) is 2. The van der Waals surface area contributed by atoms with Crippen LogP contribution in [0.4, 0.5) is 0 Å². The van der Waals surface area contributed by atoms with Crippen molar-refractivity contribution in [3.63, 3.8) is 0 Å². The van der Waals surface area contributed by atoms with Gasteiger partial charge in [0.2, 0.25) is 15.9 Å². The lowest BCUT2D eigenvalue weighted by atomic mass is 10.1. The van der Waals surface area contributed by atoms with Crippen LogP contribution in [0.3, 0.4) is 0 Å². The maximum Gasteiger partial charge on any atom is 0.220 e. The van der Waals surface area contributed by atoms with Gasteiger partial charge in [-0.3, -0.25) is 9.78 Å². The third-order valence-corrected chi connectivity index (χ3v) is 5.04. The molecule has 0 atom stereocenters. The highest BCUT2D eigenvalue weighted by atomic mass is 32.2. The molecule has 0 unspecified atom stereocenters. The number of nitrogens with zero attached hydrogens (tertiary/aromatic N) is 1. The van der Waals surface area contributed by atoms with Crippen molar-refractivity contribution in [1.82, 2.24) is 15.0 Å². The van der Waals surface area contributed by atoms with E-state index < -0.39 is 10.0 Å². The Morgan fingerprint density at radius 1 is 1.15 bits per heavy atom. The fraction of sp³-hybridized carbons (Fsp3) is 0.333. The van der Waals surface area contributed by atoms with Crippen LogP contribution in [-0.4, -0.2) is 38.7 Å². The van der Waals surface area contributed by atoms with E-state index in [-0.39, 0.29) is 24.7 Å². The van der Waals surface area contributed by atoms with Gasteiger partial charge in [0, 0.05) is 31.9 Å². The Labute approximate surface area is 153 Å². The first kappa shape index (κ1) is 19.9. The van der Waals surface area contributed by atoms with Crippen LogP contribution in [0.5, 0.6) is 5.75 Å². The Balaban J connectivity index is 1.66. The lowest BCUT2D eigenvalue weighted by Crippen LogP contribution is -2.34. The highest BCUT2D eigenvalue weighted by molar-refractivity contribution is 7.89. The van der Waals surface area contributed by atoms with Crippen LogP contribution in [0, 0.1) is 0 Å². The average Bonchev–Trinajstić information content (AvgIpc) is 2.66. The SMILES string of the molecule is COc1ccc(CCC(=O)NCCS(=O)(=O)NCc2cccnc2)cc1. The summed E-state index contributed by atoms with van der Waals surface area (Å²) in [5.41, 5.74) is 1.80. The van der Waals surface area contributed by atoms with E-state index in [2.05, 4.69) is 15.0 Å². The van der Waals surface area contributed by atoms with Gasteiger partial charge in [-0.25, -0.2) is 13.1 Å². The molecule has 0 aliphatic rings. The van der Waals surface area contributed by atoms with Crippen molar-refractivity contribution in [2.75, 3.05) is 19.4 Å². The third kappa shape index (κ3) is 7.20. The number of benzene rings is 1. The number of aryl methyl sites for hydroxylation is 1. The van der Waals surface area contributed by atoms with Crippen molar-refractivity contribution >= 4 is 15.9 Å². The van der Waals surface area contributed by atoms with Crippen LogP contribution in [0.1, 0.15) is 17.5 Å². The molecule has 0 radical (unpaired) electrons. The molecule has 0 fully saturated rings. The molecule has 0 aliphatic carbocycles. The van der Waals surface area contributed by atoms with Gasteiger partial charge in [0.1, 0.15) is 5.75 Å². The van der Waals surface area contributed by atoms with E-state index in [9.17, 15) is 13.2 Å². The van der Waals surface area contributed by atoms with Crippen molar-refractivity contribution in [3.8, 4) is 5.75 Å². The summed E-state index contributed by atoms with van der Waals surface area (Å²) in [6.45, 7) is 0.255. The Bertz CT molecular complexity index is 793. The second kappa shape index (κ2) is 9.88. The number of hydrogen-bond acceptors (Lipinski definition) is 5. The van der Waals surface area contributed by atoms with Gasteiger partial charge in [-0.1, -0.05) is 18.2 Å². The minimum Gasteiger partial charge on any atom is -0.497 e. The van der Waals surface area contributed by atoms with E-state index >= 15 is 0 Å². The van der Waals surface area contributed by atoms with Gasteiger partial charge in [0.05, 0.1) is 12.9 Å². The zero-order valence-corrected chi connectivity index (χ0v) is 15.5. The molecule has 2 N–H and O–H groups in total. The minimum atomic E-state index is -3.46. The van der Waals surface area contributed by atoms with Gasteiger partial charge < -0.3 is 10.1 Å². The molecular formula is C18H23N3O4S. The molecule has 1 aromatic heterocycles. The number of methoxy groups -OCH3 is 1. The summed E-state index contributed by atoms with van der Waals surface area (Å²) in [6, 6.07) is 11.0. The topological polar surface area (TPSA) is 97.4 Å². The summed E-state index contributed by atoms with van der Waals surface area (Å²) in [5, 5.41) is 2.63. The van der Waals surface area contributed by atoms with Gasteiger partial charge >= 0.3 is 0 Å². The summed E-state index contributed by atoms with van der Waals surface area (Å²) in [6.07, 6.45) is 4.11. The molecule has 0 saturated carbocycles. The average molecular weight is 377 g/mol. The molecule has 0 saturated heterocycles. The fourth-order valence-electron chi connectivity index (χ4n) is 2.23. The number of hydrogen-bond donors (Lipinski definition) is 2. The molecule has 0 spiro atoms. The predicted octanol–water partition coefficient (Wildman–Crippen LogP) is 1.26. The highest BCUT2D eigenvalue weighted by Crippen LogP contribution is 2.12. The van der Waals surface area contributed by atoms with Crippen molar-refractivity contribution in [2.24, 2.45) is 0 Å². The van der Waals surface area contributed by atoms with Crippen LogP contribution in [0.25, 0.3) is 0 Å². The van der Waals surface area contributed by atoms with Crippen LogP contribution < -0.4 is 14.8 Å². The maximum absolute atomic E-state index is 11.9. The van der Waals surface area contributed by atoms with E-state index in [1.54, 1.807) is 31.6 Å². The first-order valence-electron chi connectivity index (χ1n) is 8.24. The lowest BCUT2D eigenvalue weighted by Gasteiger charge is -2.08. The number of carbonyl (C=O) groups excluding carboxylic acids is 1. The predicted molar refractivity (Wildman–Crippen MR) is 99.2 cm³/mol. The van der Waals surface area contributed by atoms with Gasteiger partial charge in [-0.05, 0) is 35.7 Å². The Morgan fingerprint density at radius 3 is 2.58 bits per heavy atom. The monoisotopic (exact) mass is 377 g/mol. The second-order valence-electron chi connectivity index (χ2n) is 5.70. The molecule has 1 amide bonds. The fourth-order valence-corrected chi connectivity index (χ4v) is 3.13. The minimum absolute atomic E-state index is 0.0732. The standard InChI is InChI=1S/C18H23N3O4S/c1-25-17-7-4-15(5-8-17)6-9-18(22)20-11-12-26(23,24)21-14-16-3-2-10-19-13-16/h2-5,7-8,10,13,21H,6,9,11-12,14H2,1H3,(H,20,22). The Morgan fingerprint density at radius 2 is 1.92 bits per heavy atom. The molecule has 2 aromatic rings. The first-order valence-corrected chi connectivity index (χ1v) is 9.89. The Kier molecular flexibility index (Phi) is 7.55. The summed E-state index contributed by atoms with van der Waals surface area (Å²) in [7, 11) is -1.86. The van der Waals surface area contributed by atoms with E-state index in [4.69, 9.17) is 4.74 Å². The molecule has 1 heterocycles. The summed E-state index contributed by atoms with van der Waals surface area (Å²) in [4.78, 5) is 15.8. The number of amides is 1. The zero-order valence-electron chi connectivity index (χ0n) is 14.6. The van der Waals surface area contributed by atoms with E-state index in [0.717, 1.165) is 16.9 Å². The highest BCUT2D eigenvalue weighted by Gasteiger charge is 2.11. The lowest BCUT2D eigenvalue weighted by molar-refractivity contribution is -0.120. The molecule has 0 aliphatic heterocycles. The van der Waals surface area contributed by atoms with Crippen LogP contribution in [0.15, 0.2) is 48.8 Å². The number of sulfonamides is 1. The quantitative estimate of drug-likeness (QED) is 0.650. The zero-order chi connectivity index (χ0) is 18.8. The number of ether oxygens (including phenoxy) is 1. The van der Waals surface area contributed by atoms with Crippen LogP contribution >= 0.6 is 0 Å². The summed E-state index contributed by atoms with van der Waals surface area (Å²) in [5.74, 6) is 0.423. The summed E-state index contributed by atoms with van der Waals surface area (Å²) < 4.78 is 31.4. The van der Waals surface area contributed by atoms with Gasteiger partial charge in [-0.15, -0.1) is 0 Å². The van der Waals surface area contributed by atoms with Crippen molar-refractivity contribution in [1.29, 1.82) is 0 Å². The van der Waals surface area contributed by atoms with Gasteiger partial charge in [-0.2, -0.15) is 0 Å². The normalized spacial score (nSPS) is 11.1. The number of pyridine rings is 1. The van der Waals surface area contributed by atoms with Crippen molar-refractivity contribution in [2.45, 2.75) is 19.4 Å². The van der Waals surface area contributed by atoms with Crippen molar-refractivity contribution in [3.05, 3.63) is 59.9 Å². The summed E-state index contributed by atoms with van der Waals surface area (Å²) >= 11 is 0.